The van der Waals surface area contributed by atoms with Gasteiger partial charge in [-0.3, -0.25) is 9.69 Å². The van der Waals surface area contributed by atoms with Crippen LogP contribution in [0.25, 0.3) is 0 Å². The summed E-state index contributed by atoms with van der Waals surface area (Å²) in [6.07, 6.45) is 0. The number of halogens is 1. The molecule has 0 saturated carbocycles. The van der Waals surface area contributed by atoms with Crippen LogP contribution in [0.5, 0.6) is 0 Å². The Hall–Kier alpha value is -2.91. The van der Waals surface area contributed by atoms with Crippen LogP contribution < -0.4 is 4.90 Å². The smallest absolute Gasteiger partial charge is 0.244 e. The molecule has 0 N–H and O–H groups in total. The van der Waals surface area contributed by atoms with Gasteiger partial charge in [0.15, 0.2) is 0 Å². The Morgan fingerprint density at radius 2 is 1.70 bits per heavy atom. The van der Waals surface area contributed by atoms with Crippen molar-refractivity contribution >= 4 is 11.6 Å². The van der Waals surface area contributed by atoms with Crippen LogP contribution in [0.4, 0.5) is 10.1 Å². The lowest BCUT2D eigenvalue weighted by molar-refractivity contribution is -0.136. The minimum Gasteiger partial charge on any atom is -0.368 e. The van der Waals surface area contributed by atoms with E-state index in [1.807, 2.05) is 12.1 Å². The molecule has 0 aliphatic carbocycles. The third kappa shape index (κ3) is 4.09. The van der Waals surface area contributed by atoms with Crippen LogP contribution in [0.1, 0.15) is 17.2 Å². The molecule has 5 nitrogen and oxygen atoms in total. The minimum atomic E-state index is -0.632. The number of likely N-dealkylation sites (N-methyl/N-ethyl adjacent to an activating group) is 1. The molecule has 6 heteroatoms. The van der Waals surface area contributed by atoms with E-state index in [1.165, 1.54) is 6.07 Å². The maximum atomic E-state index is 14.2. The van der Waals surface area contributed by atoms with Crippen molar-refractivity contribution in [3.63, 3.8) is 0 Å². The molecule has 0 bridgehead atoms. The number of benzene rings is 2. The molecule has 0 spiro atoms. The largest absolute Gasteiger partial charge is 0.368 e. The van der Waals surface area contributed by atoms with Gasteiger partial charge >= 0.3 is 0 Å². The zero-order valence-corrected chi connectivity index (χ0v) is 15.6. The van der Waals surface area contributed by atoms with Gasteiger partial charge in [0, 0.05) is 37.4 Å². The number of carbonyl (C=O) groups excluding carboxylic acids is 1. The molecule has 1 heterocycles. The predicted molar refractivity (Wildman–Crippen MR) is 103 cm³/mol. The molecule has 1 saturated heterocycles. The molecule has 27 heavy (non-hydrogen) atoms. The highest BCUT2D eigenvalue weighted by Gasteiger charge is 2.31. The summed E-state index contributed by atoms with van der Waals surface area (Å²) in [6.45, 7) is 2.57. The van der Waals surface area contributed by atoms with Gasteiger partial charge in [-0.1, -0.05) is 18.2 Å². The van der Waals surface area contributed by atoms with Gasteiger partial charge in [-0.05, 0) is 44.4 Å². The second-order valence-corrected chi connectivity index (χ2v) is 6.86. The van der Waals surface area contributed by atoms with Crippen molar-refractivity contribution in [2.45, 2.75) is 6.04 Å². The maximum Gasteiger partial charge on any atom is 0.244 e. The summed E-state index contributed by atoms with van der Waals surface area (Å²) in [4.78, 5) is 18.8. The van der Waals surface area contributed by atoms with Crippen molar-refractivity contribution in [3.8, 4) is 6.07 Å². The van der Waals surface area contributed by atoms with Crippen LogP contribution in [0.15, 0.2) is 48.5 Å². The van der Waals surface area contributed by atoms with Gasteiger partial charge in [0.25, 0.3) is 0 Å². The van der Waals surface area contributed by atoms with Gasteiger partial charge in [-0.25, -0.2) is 4.39 Å². The number of rotatable bonds is 4. The van der Waals surface area contributed by atoms with Crippen molar-refractivity contribution in [2.24, 2.45) is 0 Å². The molecule has 1 fully saturated rings. The molecular formula is C21H23FN4O. The van der Waals surface area contributed by atoms with Crippen LogP contribution in [-0.4, -0.2) is 56.0 Å². The van der Waals surface area contributed by atoms with E-state index in [0.29, 0.717) is 37.3 Å². The Bertz CT molecular complexity index is 836. The highest BCUT2D eigenvalue weighted by Crippen LogP contribution is 2.25. The Kier molecular flexibility index (Phi) is 5.72. The Morgan fingerprint density at radius 3 is 2.26 bits per heavy atom. The van der Waals surface area contributed by atoms with E-state index in [9.17, 15) is 9.18 Å². The molecule has 1 aliphatic heterocycles. The van der Waals surface area contributed by atoms with Crippen LogP contribution in [0.3, 0.4) is 0 Å². The number of carbonyl (C=O) groups is 1. The van der Waals surface area contributed by atoms with Crippen molar-refractivity contribution in [2.75, 3.05) is 45.2 Å². The molecular weight excluding hydrogens is 343 g/mol. The first kappa shape index (κ1) is 18.9. The minimum absolute atomic E-state index is 0.0791. The summed E-state index contributed by atoms with van der Waals surface area (Å²) in [5, 5.41) is 8.91. The van der Waals surface area contributed by atoms with Crippen LogP contribution in [0, 0.1) is 17.1 Å². The van der Waals surface area contributed by atoms with E-state index in [1.54, 1.807) is 54.2 Å². The SMILES string of the molecule is CN(C)[C@H](C(=O)N1CCN(c2ccc(C#N)cc2)CC1)c1ccccc1F. The molecule has 1 atom stereocenters. The quantitative estimate of drug-likeness (QED) is 0.835. The van der Waals surface area contributed by atoms with Crippen molar-refractivity contribution in [1.82, 2.24) is 9.80 Å². The molecule has 1 aliphatic rings. The molecule has 2 aromatic rings. The van der Waals surface area contributed by atoms with Gasteiger partial charge < -0.3 is 9.80 Å². The van der Waals surface area contributed by atoms with E-state index >= 15 is 0 Å². The number of nitrogens with zero attached hydrogens (tertiary/aromatic N) is 4. The molecule has 0 unspecified atom stereocenters. The van der Waals surface area contributed by atoms with Crippen molar-refractivity contribution < 1.29 is 9.18 Å². The van der Waals surface area contributed by atoms with E-state index in [-0.39, 0.29) is 11.7 Å². The summed E-state index contributed by atoms with van der Waals surface area (Å²) < 4.78 is 14.2. The van der Waals surface area contributed by atoms with Gasteiger partial charge in [-0.15, -0.1) is 0 Å². The highest BCUT2D eigenvalue weighted by molar-refractivity contribution is 5.83. The fourth-order valence-corrected chi connectivity index (χ4v) is 3.43. The number of hydrogen-bond donors (Lipinski definition) is 0. The van der Waals surface area contributed by atoms with E-state index in [0.717, 1.165) is 5.69 Å². The third-order valence-electron chi connectivity index (χ3n) is 4.90. The first-order chi connectivity index (χ1) is 13.0. The number of amides is 1. The number of hydrogen-bond acceptors (Lipinski definition) is 4. The zero-order valence-electron chi connectivity index (χ0n) is 15.6. The second kappa shape index (κ2) is 8.19. The second-order valence-electron chi connectivity index (χ2n) is 6.86. The van der Waals surface area contributed by atoms with Crippen LogP contribution in [0.2, 0.25) is 0 Å². The predicted octanol–water partition coefficient (Wildman–Crippen LogP) is 2.65. The average Bonchev–Trinajstić information content (AvgIpc) is 2.69. The van der Waals surface area contributed by atoms with Crippen molar-refractivity contribution in [3.05, 3.63) is 65.5 Å². The zero-order chi connectivity index (χ0) is 19.4. The number of anilines is 1. The summed E-state index contributed by atoms with van der Waals surface area (Å²) in [7, 11) is 3.59. The monoisotopic (exact) mass is 366 g/mol. The molecule has 140 valence electrons. The lowest BCUT2D eigenvalue weighted by atomic mass is 10.0. The molecule has 1 amide bonds. The van der Waals surface area contributed by atoms with Crippen molar-refractivity contribution in [1.29, 1.82) is 5.26 Å². The molecule has 0 radical (unpaired) electrons. The lowest BCUT2D eigenvalue weighted by Gasteiger charge is -2.38. The summed E-state index contributed by atoms with van der Waals surface area (Å²) in [6, 6.07) is 15.4. The van der Waals surface area contributed by atoms with E-state index < -0.39 is 6.04 Å². The van der Waals surface area contributed by atoms with Gasteiger partial charge in [-0.2, -0.15) is 5.26 Å². The standard InChI is InChI=1S/C21H23FN4O/c1-24(2)20(18-5-3-4-6-19(18)22)21(27)26-13-11-25(12-14-26)17-9-7-16(15-23)8-10-17/h3-10,20H,11-14H2,1-2H3/t20-/m0/s1. The lowest BCUT2D eigenvalue weighted by Crippen LogP contribution is -2.51. The van der Waals surface area contributed by atoms with Gasteiger partial charge in [0.2, 0.25) is 5.91 Å². The fourth-order valence-electron chi connectivity index (χ4n) is 3.43. The van der Waals surface area contributed by atoms with E-state index in [2.05, 4.69) is 11.0 Å². The normalized spacial score (nSPS) is 15.5. The fraction of sp³-hybridized carbons (Fsp3) is 0.333. The summed E-state index contributed by atoms with van der Waals surface area (Å²) >= 11 is 0. The summed E-state index contributed by atoms with van der Waals surface area (Å²) in [5.74, 6) is -0.439. The van der Waals surface area contributed by atoms with E-state index in [4.69, 9.17) is 5.26 Å². The first-order valence-corrected chi connectivity index (χ1v) is 8.96. The molecule has 2 aromatic carbocycles. The number of piperazine rings is 1. The Morgan fingerprint density at radius 1 is 1.07 bits per heavy atom. The number of nitriles is 1. The maximum absolute atomic E-state index is 14.2. The molecule has 0 aromatic heterocycles. The van der Waals surface area contributed by atoms with Crippen LogP contribution >= 0.6 is 0 Å². The Labute approximate surface area is 159 Å². The van der Waals surface area contributed by atoms with Gasteiger partial charge in [0.1, 0.15) is 11.9 Å². The first-order valence-electron chi connectivity index (χ1n) is 8.96. The van der Waals surface area contributed by atoms with Crippen LogP contribution in [-0.2, 0) is 4.79 Å². The average molecular weight is 366 g/mol. The summed E-state index contributed by atoms with van der Waals surface area (Å²) in [5.41, 5.74) is 2.08. The van der Waals surface area contributed by atoms with Gasteiger partial charge in [0.05, 0.1) is 11.6 Å². The topological polar surface area (TPSA) is 50.6 Å². The third-order valence-corrected chi connectivity index (χ3v) is 4.90. The highest BCUT2D eigenvalue weighted by atomic mass is 19.1. The Balaban J connectivity index is 1.69. The molecule has 3 rings (SSSR count).